The number of nitrogens with one attached hydrogen (secondary N) is 1. The van der Waals surface area contributed by atoms with Crippen LogP contribution < -0.4 is 5.32 Å². The van der Waals surface area contributed by atoms with Gasteiger partial charge in [-0.2, -0.15) is 5.26 Å². The van der Waals surface area contributed by atoms with Crippen molar-refractivity contribution in [1.82, 2.24) is 0 Å². The van der Waals surface area contributed by atoms with Crippen molar-refractivity contribution in [3.05, 3.63) is 23.8 Å². The number of hydrogen-bond donors (Lipinski definition) is 1. The normalized spacial score (nSPS) is 11.8. The second kappa shape index (κ2) is 7.05. The zero-order chi connectivity index (χ0) is 14.4. The number of carbonyl (C=O) groups is 1. The molecule has 0 spiro atoms. The fraction of sp³-hybridized carbons (Fsp3) is 0.429. The number of nitrogens with zero attached hydrogens (tertiary/aromatic N) is 1. The molecule has 1 aromatic carbocycles. The summed E-state index contributed by atoms with van der Waals surface area (Å²) >= 11 is 1.51. The van der Waals surface area contributed by atoms with E-state index in [0.29, 0.717) is 11.3 Å². The largest absolute Gasteiger partial charge is 0.467 e. The van der Waals surface area contributed by atoms with Crippen molar-refractivity contribution in [2.45, 2.75) is 24.8 Å². The molecule has 0 aliphatic rings. The van der Waals surface area contributed by atoms with E-state index < -0.39 is 6.04 Å². The summed E-state index contributed by atoms with van der Waals surface area (Å²) in [6.07, 6.45) is 1.92. The van der Waals surface area contributed by atoms with Gasteiger partial charge in [0.25, 0.3) is 0 Å². The highest BCUT2D eigenvalue weighted by Gasteiger charge is 2.24. The van der Waals surface area contributed by atoms with Gasteiger partial charge in [0.15, 0.2) is 0 Å². The lowest BCUT2D eigenvalue weighted by atomic mass is 10.0. The van der Waals surface area contributed by atoms with Gasteiger partial charge in [0, 0.05) is 4.90 Å². The molecule has 1 rings (SSSR count). The Kier molecular flexibility index (Phi) is 5.71. The van der Waals surface area contributed by atoms with Crippen LogP contribution in [0.4, 0.5) is 5.69 Å². The molecule has 0 saturated carbocycles. The molecule has 102 valence electrons. The van der Waals surface area contributed by atoms with Crippen LogP contribution >= 0.6 is 11.8 Å². The van der Waals surface area contributed by atoms with E-state index in [-0.39, 0.29) is 11.9 Å². The van der Waals surface area contributed by atoms with E-state index in [1.165, 1.54) is 18.9 Å². The zero-order valence-corrected chi connectivity index (χ0v) is 12.4. The van der Waals surface area contributed by atoms with Crippen LogP contribution in [-0.4, -0.2) is 25.4 Å². The van der Waals surface area contributed by atoms with Gasteiger partial charge < -0.3 is 10.1 Å². The lowest BCUT2D eigenvalue weighted by Gasteiger charge is -2.22. The number of hydrogen-bond acceptors (Lipinski definition) is 5. The summed E-state index contributed by atoms with van der Waals surface area (Å²) in [5, 5.41) is 12.4. The molecule has 0 aliphatic carbocycles. The fourth-order valence-electron chi connectivity index (χ4n) is 1.73. The Morgan fingerprint density at radius 3 is 2.63 bits per heavy atom. The van der Waals surface area contributed by atoms with Crippen LogP contribution in [0.5, 0.6) is 0 Å². The first kappa shape index (κ1) is 15.4. The molecule has 1 unspecified atom stereocenters. The van der Waals surface area contributed by atoms with Gasteiger partial charge >= 0.3 is 5.97 Å². The first-order valence-electron chi connectivity index (χ1n) is 5.96. The number of benzene rings is 1. The third-order valence-corrected chi connectivity index (χ3v) is 3.57. The number of carbonyl (C=O) groups excluding carboxylic acids is 1. The molecule has 0 heterocycles. The first-order valence-corrected chi connectivity index (χ1v) is 7.19. The quantitative estimate of drug-likeness (QED) is 0.663. The summed E-state index contributed by atoms with van der Waals surface area (Å²) in [6.45, 7) is 3.86. The molecule has 19 heavy (non-hydrogen) atoms. The van der Waals surface area contributed by atoms with Crippen LogP contribution in [0.25, 0.3) is 0 Å². The SMILES string of the molecule is COC(=O)C(Nc1cccc(SC)c1C#N)C(C)C. The fourth-order valence-corrected chi connectivity index (χ4v) is 2.30. The Morgan fingerprint density at radius 1 is 1.47 bits per heavy atom. The van der Waals surface area contributed by atoms with Crippen molar-refractivity contribution < 1.29 is 9.53 Å². The van der Waals surface area contributed by atoms with Gasteiger partial charge in [0.05, 0.1) is 18.4 Å². The van der Waals surface area contributed by atoms with Crippen LogP contribution in [0.3, 0.4) is 0 Å². The molecule has 0 amide bonds. The third-order valence-electron chi connectivity index (χ3n) is 2.79. The molecular formula is C14H18N2O2S. The molecule has 0 aromatic heterocycles. The monoisotopic (exact) mass is 278 g/mol. The predicted octanol–water partition coefficient (Wildman–Crippen LogP) is 2.89. The Morgan fingerprint density at radius 2 is 2.16 bits per heavy atom. The van der Waals surface area contributed by atoms with Crippen LogP contribution in [-0.2, 0) is 9.53 Å². The molecule has 0 aliphatic heterocycles. The molecule has 5 heteroatoms. The maximum atomic E-state index is 11.7. The van der Waals surface area contributed by atoms with E-state index in [1.54, 1.807) is 6.07 Å². The van der Waals surface area contributed by atoms with Gasteiger partial charge in [0.2, 0.25) is 0 Å². The van der Waals surface area contributed by atoms with Crippen LogP contribution in [0, 0.1) is 17.2 Å². The van der Waals surface area contributed by atoms with E-state index in [9.17, 15) is 10.1 Å². The standard InChI is InChI=1S/C14H18N2O2S/c1-9(2)13(14(17)18-3)16-11-6-5-7-12(19-4)10(11)8-15/h5-7,9,13,16H,1-4H3. The molecule has 4 nitrogen and oxygen atoms in total. The molecule has 1 N–H and O–H groups in total. The van der Waals surface area contributed by atoms with Crippen molar-refractivity contribution in [1.29, 1.82) is 5.26 Å². The summed E-state index contributed by atoms with van der Waals surface area (Å²) in [5.41, 5.74) is 1.23. The molecule has 1 aromatic rings. The molecular weight excluding hydrogens is 260 g/mol. The lowest BCUT2D eigenvalue weighted by molar-refractivity contribution is -0.142. The highest BCUT2D eigenvalue weighted by Crippen LogP contribution is 2.27. The summed E-state index contributed by atoms with van der Waals surface area (Å²) in [6, 6.07) is 7.27. The first-order chi connectivity index (χ1) is 9.04. The number of methoxy groups -OCH3 is 1. The second-order valence-electron chi connectivity index (χ2n) is 4.38. The Labute approximate surface area is 118 Å². The van der Waals surface area contributed by atoms with Crippen LogP contribution in [0.1, 0.15) is 19.4 Å². The van der Waals surface area contributed by atoms with Gasteiger partial charge in [-0.25, -0.2) is 4.79 Å². The summed E-state index contributed by atoms with van der Waals surface area (Å²) in [5.74, 6) is -0.259. The zero-order valence-electron chi connectivity index (χ0n) is 11.6. The Hall–Kier alpha value is -1.67. The Balaban J connectivity index is 3.10. The summed E-state index contributed by atoms with van der Waals surface area (Å²) in [4.78, 5) is 12.6. The van der Waals surface area contributed by atoms with Crippen molar-refractivity contribution >= 4 is 23.4 Å². The van der Waals surface area contributed by atoms with E-state index in [0.717, 1.165) is 4.90 Å². The minimum atomic E-state index is -0.464. The average Bonchev–Trinajstić information content (AvgIpc) is 2.42. The molecule has 0 fully saturated rings. The number of anilines is 1. The lowest BCUT2D eigenvalue weighted by Crippen LogP contribution is -2.35. The van der Waals surface area contributed by atoms with Gasteiger partial charge in [-0.15, -0.1) is 11.8 Å². The third kappa shape index (κ3) is 3.65. The number of nitriles is 1. The van der Waals surface area contributed by atoms with E-state index in [1.807, 2.05) is 32.2 Å². The summed E-state index contributed by atoms with van der Waals surface area (Å²) in [7, 11) is 1.36. The van der Waals surface area contributed by atoms with Crippen LogP contribution in [0.15, 0.2) is 23.1 Å². The van der Waals surface area contributed by atoms with Gasteiger partial charge in [0.1, 0.15) is 12.1 Å². The van der Waals surface area contributed by atoms with Gasteiger partial charge in [-0.3, -0.25) is 0 Å². The molecule has 0 bridgehead atoms. The predicted molar refractivity (Wildman–Crippen MR) is 77.2 cm³/mol. The van der Waals surface area contributed by atoms with Crippen molar-refractivity contribution in [2.24, 2.45) is 5.92 Å². The maximum Gasteiger partial charge on any atom is 0.328 e. The van der Waals surface area contributed by atoms with E-state index >= 15 is 0 Å². The van der Waals surface area contributed by atoms with Gasteiger partial charge in [-0.1, -0.05) is 19.9 Å². The number of ether oxygens (including phenoxy) is 1. The Bertz CT molecular complexity index is 495. The van der Waals surface area contributed by atoms with E-state index in [4.69, 9.17) is 4.74 Å². The minimum absolute atomic E-state index is 0.0666. The molecule has 1 atom stereocenters. The summed E-state index contributed by atoms with van der Waals surface area (Å²) < 4.78 is 4.79. The number of thioether (sulfide) groups is 1. The van der Waals surface area contributed by atoms with E-state index in [2.05, 4.69) is 11.4 Å². The highest BCUT2D eigenvalue weighted by molar-refractivity contribution is 7.98. The second-order valence-corrected chi connectivity index (χ2v) is 5.23. The smallest absolute Gasteiger partial charge is 0.328 e. The molecule has 0 radical (unpaired) electrons. The minimum Gasteiger partial charge on any atom is -0.467 e. The maximum absolute atomic E-state index is 11.7. The number of rotatable bonds is 5. The van der Waals surface area contributed by atoms with Crippen LogP contribution in [0.2, 0.25) is 0 Å². The number of esters is 1. The highest BCUT2D eigenvalue weighted by atomic mass is 32.2. The molecule has 0 saturated heterocycles. The van der Waals surface area contributed by atoms with Crippen molar-refractivity contribution in [2.75, 3.05) is 18.7 Å². The van der Waals surface area contributed by atoms with Gasteiger partial charge in [-0.05, 0) is 24.3 Å². The average molecular weight is 278 g/mol. The van der Waals surface area contributed by atoms with Crippen molar-refractivity contribution in [3.63, 3.8) is 0 Å². The topological polar surface area (TPSA) is 62.1 Å². The van der Waals surface area contributed by atoms with Crippen molar-refractivity contribution in [3.8, 4) is 6.07 Å².